The van der Waals surface area contributed by atoms with Gasteiger partial charge in [0.15, 0.2) is 9.84 Å². The fraction of sp³-hybridized carbons (Fsp3) is 0.455. The maximum atomic E-state index is 11.3. The molecule has 0 saturated carbocycles. The zero-order valence-electron chi connectivity index (χ0n) is 10.0. The van der Waals surface area contributed by atoms with Crippen molar-refractivity contribution >= 4 is 37.1 Å². The number of hydrogen-bond acceptors (Lipinski definition) is 5. The van der Waals surface area contributed by atoms with Crippen LogP contribution < -0.4 is 5.32 Å². The van der Waals surface area contributed by atoms with E-state index in [9.17, 15) is 18.5 Å². The molecule has 1 aliphatic rings. The number of rotatable bonds is 4. The third-order valence-electron chi connectivity index (χ3n) is 3.07. The first-order valence-corrected chi connectivity index (χ1v) is 8.37. The monoisotopic (exact) mass is 348 g/mol. The summed E-state index contributed by atoms with van der Waals surface area (Å²) in [6.45, 7) is 0.551. The molecule has 0 radical (unpaired) electrons. The average Bonchev–Trinajstić information content (AvgIpc) is 2.67. The van der Waals surface area contributed by atoms with Gasteiger partial charge in [0.1, 0.15) is 0 Å². The molecule has 1 atom stereocenters. The van der Waals surface area contributed by atoms with Crippen molar-refractivity contribution in [1.29, 1.82) is 0 Å². The van der Waals surface area contributed by atoms with E-state index in [1.54, 1.807) is 6.07 Å². The topological polar surface area (TPSA) is 89.3 Å². The summed E-state index contributed by atoms with van der Waals surface area (Å²) in [5, 5.41) is 13.7. The minimum Gasteiger partial charge on any atom is -0.384 e. The first kappa shape index (κ1) is 14.3. The molecule has 0 amide bonds. The molecule has 1 heterocycles. The molecule has 0 spiro atoms. The van der Waals surface area contributed by atoms with Crippen molar-refractivity contribution in [2.45, 2.75) is 6.42 Å². The van der Waals surface area contributed by atoms with Crippen LogP contribution in [0.3, 0.4) is 0 Å². The van der Waals surface area contributed by atoms with E-state index in [1.165, 1.54) is 12.1 Å². The van der Waals surface area contributed by atoms with Crippen LogP contribution in [0.2, 0.25) is 0 Å². The summed E-state index contributed by atoms with van der Waals surface area (Å²) in [4.78, 5) is 10.1. The molecule has 1 aromatic rings. The molecule has 6 nitrogen and oxygen atoms in total. The van der Waals surface area contributed by atoms with Crippen LogP contribution in [0, 0.1) is 16.0 Å². The number of non-ortho nitro benzene ring substituents is 1. The predicted molar refractivity (Wildman–Crippen MR) is 76.0 cm³/mol. The van der Waals surface area contributed by atoms with Gasteiger partial charge < -0.3 is 5.32 Å². The van der Waals surface area contributed by atoms with E-state index in [2.05, 4.69) is 21.2 Å². The number of anilines is 1. The summed E-state index contributed by atoms with van der Waals surface area (Å²) in [5.41, 5.74) is 0.746. The minimum atomic E-state index is -2.87. The SMILES string of the molecule is O=[N+]([O-])c1ccc(NCC2CCS(=O)(=O)C2)c(Br)c1. The van der Waals surface area contributed by atoms with Crippen molar-refractivity contribution in [3.05, 3.63) is 32.8 Å². The van der Waals surface area contributed by atoms with Crippen molar-refractivity contribution in [2.75, 3.05) is 23.4 Å². The van der Waals surface area contributed by atoms with Crippen LogP contribution in [-0.4, -0.2) is 31.4 Å². The van der Waals surface area contributed by atoms with E-state index in [0.717, 1.165) is 5.69 Å². The largest absolute Gasteiger partial charge is 0.384 e. The lowest BCUT2D eigenvalue weighted by molar-refractivity contribution is -0.384. The maximum absolute atomic E-state index is 11.3. The lowest BCUT2D eigenvalue weighted by Crippen LogP contribution is -2.15. The number of nitro groups is 1. The standard InChI is InChI=1S/C11H13BrN2O4S/c12-10-5-9(14(15)16)1-2-11(10)13-6-8-3-4-19(17,18)7-8/h1-2,5,8,13H,3-4,6-7H2. The van der Waals surface area contributed by atoms with Gasteiger partial charge in [-0.3, -0.25) is 10.1 Å². The van der Waals surface area contributed by atoms with Crippen LogP contribution >= 0.6 is 15.9 Å². The Labute approximate surface area is 119 Å². The average molecular weight is 349 g/mol. The van der Waals surface area contributed by atoms with Crippen LogP contribution in [0.25, 0.3) is 0 Å². The maximum Gasteiger partial charge on any atom is 0.270 e. The van der Waals surface area contributed by atoms with Crippen molar-refractivity contribution in [3.8, 4) is 0 Å². The van der Waals surface area contributed by atoms with E-state index >= 15 is 0 Å². The highest BCUT2D eigenvalue weighted by Gasteiger charge is 2.27. The van der Waals surface area contributed by atoms with Crippen LogP contribution in [0.5, 0.6) is 0 Å². The molecule has 0 bridgehead atoms. The Morgan fingerprint density at radius 3 is 2.74 bits per heavy atom. The van der Waals surface area contributed by atoms with Gasteiger partial charge in [0, 0.05) is 28.8 Å². The first-order chi connectivity index (χ1) is 8.87. The Bertz CT molecular complexity index is 603. The zero-order chi connectivity index (χ0) is 14.0. The molecule has 2 rings (SSSR count). The van der Waals surface area contributed by atoms with Crippen molar-refractivity contribution in [1.82, 2.24) is 0 Å². The van der Waals surface area contributed by atoms with E-state index in [4.69, 9.17) is 0 Å². The number of nitro benzene ring substituents is 1. The second-order valence-corrected chi connectivity index (χ2v) is 7.65. The molecular weight excluding hydrogens is 336 g/mol. The summed E-state index contributed by atoms with van der Waals surface area (Å²) in [6.07, 6.45) is 0.667. The van der Waals surface area contributed by atoms with Crippen molar-refractivity contribution in [2.24, 2.45) is 5.92 Å². The van der Waals surface area contributed by atoms with Crippen LogP contribution in [-0.2, 0) is 9.84 Å². The van der Waals surface area contributed by atoms with Gasteiger partial charge in [0.25, 0.3) is 5.69 Å². The molecule has 1 aromatic carbocycles. The molecule has 19 heavy (non-hydrogen) atoms. The second-order valence-electron chi connectivity index (χ2n) is 4.57. The van der Waals surface area contributed by atoms with E-state index < -0.39 is 14.8 Å². The molecule has 1 saturated heterocycles. The van der Waals surface area contributed by atoms with E-state index in [1.807, 2.05) is 0 Å². The number of benzene rings is 1. The lowest BCUT2D eigenvalue weighted by atomic mass is 10.1. The van der Waals surface area contributed by atoms with Crippen LogP contribution in [0.1, 0.15) is 6.42 Å². The highest BCUT2D eigenvalue weighted by Crippen LogP contribution is 2.28. The molecule has 8 heteroatoms. The number of nitrogens with one attached hydrogen (secondary N) is 1. The van der Waals surface area contributed by atoms with Gasteiger partial charge in [0.2, 0.25) is 0 Å². The number of nitrogens with zero attached hydrogens (tertiary/aromatic N) is 1. The lowest BCUT2D eigenvalue weighted by Gasteiger charge is -2.12. The Morgan fingerprint density at radius 1 is 1.47 bits per heavy atom. The molecule has 1 N–H and O–H groups in total. The first-order valence-electron chi connectivity index (χ1n) is 5.75. The summed E-state index contributed by atoms with van der Waals surface area (Å²) in [6, 6.07) is 4.46. The third kappa shape index (κ3) is 3.66. The Kier molecular flexibility index (Phi) is 4.10. The van der Waals surface area contributed by atoms with Crippen LogP contribution in [0.4, 0.5) is 11.4 Å². The molecule has 0 aromatic heterocycles. The molecule has 1 unspecified atom stereocenters. The summed E-state index contributed by atoms with van der Waals surface area (Å²) in [5.74, 6) is 0.567. The van der Waals surface area contributed by atoms with Gasteiger partial charge in [-0.1, -0.05) is 0 Å². The molecule has 1 aliphatic heterocycles. The summed E-state index contributed by atoms with van der Waals surface area (Å²) >= 11 is 3.26. The Balaban J connectivity index is 1.99. The fourth-order valence-corrected chi connectivity index (χ4v) is 4.42. The van der Waals surface area contributed by atoms with Gasteiger partial charge in [-0.2, -0.15) is 0 Å². The molecule has 0 aliphatic carbocycles. The van der Waals surface area contributed by atoms with Gasteiger partial charge in [-0.05, 0) is 34.3 Å². The van der Waals surface area contributed by atoms with Crippen LogP contribution in [0.15, 0.2) is 22.7 Å². The van der Waals surface area contributed by atoms with E-state index in [-0.39, 0.29) is 23.1 Å². The smallest absolute Gasteiger partial charge is 0.270 e. The zero-order valence-corrected chi connectivity index (χ0v) is 12.4. The van der Waals surface area contributed by atoms with Gasteiger partial charge >= 0.3 is 0 Å². The summed E-state index contributed by atoms with van der Waals surface area (Å²) < 4.78 is 23.3. The normalized spacial score (nSPS) is 21.2. The molecule has 104 valence electrons. The highest BCUT2D eigenvalue weighted by atomic mass is 79.9. The number of sulfone groups is 1. The van der Waals surface area contributed by atoms with Gasteiger partial charge in [0.05, 0.1) is 16.4 Å². The number of halogens is 1. The molecular formula is C11H13BrN2O4S. The highest BCUT2D eigenvalue weighted by molar-refractivity contribution is 9.10. The quantitative estimate of drug-likeness (QED) is 0.665. The minimum absolute atomic E-state index is 0.0147. The van der Waals surface area contributed by atoms with Gasteiger partial charge in [-0.15, -0.1) is 0 Å². The van der Waals surface area contributed by atoms with Crippen molar-refractivity contribution < 1.29 is 13.3 Å². The summed E-state index contributed by atoms with van der Waals surface area (Å²) in [7, 11) is -2.87. The Morgan fingerprint density at radius 2 is 2.21 bits per heavy atom. The van der Waals surface area contributed by atoms with Crippen molar-refractivity contribution in [3.63, 3.8) is 0 Å². The molecule has 1 fully saturated rings. The van der Waals surface area contributed by atoms with E-state index in [0.29, 0.717) is 17.4 Å². The Hall–Kier alpha value is -1.15. The number of hydrogen-bond donors (Lipinski definition) is 1. The third-order valence-corrected chi connectivity index (χ3v) is 5.56. The second kappa shape index (κ2) is 5.46. The van der Waals surface area contributed by atoms with Gasteiger partial charge in [-0.25, -0.2) is 8.42 Å². The fourth-order valence-electron chi connectivity index (χ4n) is 2.05. The predicted octanol–water partition coefficient (Wildman–Crippen LogP) is 2.20.